The fourth-order valence-electron chi connectivity index (χ4n) is 1.86. The van der Waals surface area contributed by atoms with Crippen molar-refractivity contribution >= 4 is 0 Å². The van der Waals surface area contributed by atoms with Crippen molar-refractivity contribution in [2.75, 3.05) is 19.8 Å². The maximum absolute atomic E-state index is 9.78. The summed E-state index contributed by atoms with van der Waals surface area (Å²) in [5.74, 6) is 0.882. The minimum Gasteiger partial charge on any atom is -0.468 e. The van der Waals surface area contributed by atoms with Gasteiger partial charge in [-0.15, -0.1) is 0 Å². The third kappa shape index (κ3) is 7.35. The molecule has 2 atom stereocenters. The topological polar surface area (TPSA) is 54.6 Å². The molecule has 0 aliphatic rings. The zero-order valence-electron chi connectivity index (χ0n) is 12.1. The minimum atomic E-state index is -0.469. The van der Waals surface area contributed by atoms with Crippen molar-refractivity contribution in [2.24, 2.45) is 0 Å². The van der Waals surface area contributed by atoms with Crippen molar-refractivity contribution < 1.29 is 14.3 Å². The molecule has 0 saturated heterocycles. The summed E-state index contributed by atoms with van der Waals surface area (Å²) in [4.78, 5) is 0. The lowest BCUT2D eigenvalue weighted by Gasteiger charge is -2.15. The lowest BCUT2D eigenvalue weighted by molar-refractivity contribution is 0.0340. The highest BCUT2D eigenvalue weighted by Gasteiger charge is 2.10. The monoisotopic (exact) mass is 269 g/mol. The van der Waals surface area contributed by atoms with Crippen LogP contribution in [0.1, 0.15) is 51.3 Å². The van der Waals surface area contributed by atoms with Crippen molar-refractivity contribution in [3.05, 3.63) is 24.2 Å². The number of furan rings is 1. The number of rotatable bonds is 11. The zero-order valence-corrected chi connectivity index (χ0v) is 12.1. The van der Waals surface area contributed by atoms with Crippen LogP contribution in [0.15, 0.2) is 22.8 Å². The van der Waals surface area contributed by atoms with Crippen LogP contribution < -0.4 is 5.32 Å². The summed E-state index contributed by atoms with van der Waals surface area (Å²) in [6.45, 7) is 5.85. The number of aliphatic hydroxyl groups is 1. The Morgan fingerprint density at radius 3 is 2.89 bits per heavy atom. The number of aliphatic hydroxyl groups excluding tert-OH is 1. The van der Waals surface area contributed by atoms with Gasteiger partial charge in [-0.1, -0.05) is 26.2 Å². The summed E-state index contributed by atoms with van der Waals surface area (Å²) < 4.78 is 10.7. The summed E-state index contributed by atoms with van der Waals surface area (Å²) in [6.07, 6.45) is 5.97. The van der Waals surface area contributed by atoms with E-state index in [-0.39, 0.29) is 6.04 Å². The van der Waals surface area contributed by atoms with Crippen LogP contribution in [0.4, 0.5) is 0 Å². The highest BCUT2D eigenvalue weighted by molar-refractivity contribution is 5.02. The maximum Gasteiger partial charge on any atom is 0.120 e. The molecule has 0 aromatic carbocycles. The van der Waals surface area contributed by atoms with Gasteiger partial charge in [-0.25, -0.2) is 0 Å². The largest absolute Gasteiger partial charge is 0.468 e. The molecule has 4 nitrogen and oxygen atoms in total. The first-order chi connectivity index (χ1) is 9.24. The molecule has 1 aromatic rings. The van der Waals surface area contributed by atoms with Gasteiger partial charge in [-0.05, 0) is 25.5 Å². The van der Waals surface area contributed by atoms with Crippen LogP contribution in [0.25, 0.3) is 0 Å². The molecule has 0 spiro atoms. The van der Waals surface area contributed by atoms with E-state index in [4.69, 9.17) is 9.15 Å². The van der Waals surface area contributed by atoms with E-state index < -0.39 is 6.10 Å². The highest BCUT2D eigenvalue weighted by Crippen LogP contribution is 2.11. The van der Waals surface area contributed by atoms with E-state index in [0.29, 0.717) is 13.2 Å². The van der Waals surface area contributed by atoms with Gasteiger partial charge in [-0.3, -0.25) is 0 Å². The molecule has 1 rings (SSSR count). The van der Waals surface area contributed by atoms with Gasteiger partial charge >= 0.3 is 0 Å². The Morgan fingerprint density at radius 1 is 1.37 bits per heavy atom. The molecular formula is C15H27NO3. The second kappa shape index (κ2) is 10.0. The van der Waals surface area contributed by atoms with Crippen molar-refractivity contribution in [1.82, 2.24) is 5.32 Å². The lowest BCUT2D eigenvalue weighted by Crippen LogP contribution is -2.32. The first kappa shape index (κ1) is 16.2. The van der Waals surface area contributed by atoms with Crippen molar-refractivity contribution in [3.8, 4) is 0 Å². The van der Waals surface area contributed by atoms with Crippen LogP contribution in [0.3, 0.4) is 0 Å². The Labute approximate surface area is 116 Å². The van der Waals surface area contributed by atoms with Gasteiger partial charge in [0.15, 0.2) is 0 Å². The number of hydrogen-bond acceptors (Lipinski definition) is 4. The SMILES string of the molecule is CCCCCCOCC(O)CN[C@H](C)c1ccco1. The molecule has 1 heterocycles. The number of ether oxygens (including phenoxy) is 1. The van der Waals surface area contributed by atoms with Gasteiger partial charge in [-0.2, -0.15) is 0 Å². The summed E-state index contributed by atoms with van der Waals surface area (Å²) in [7, 11) is 0. The average Bonchev–Trinajstić information content (AvgIpc) is 2.94. The second-order valence-electron chi connectivity index (χ2n) is 4.93. The number of unbranched alkanes of at least 4 members (excludes halogenated alkanes) is 3. The molecule has 1 aromatic heterocycles. The van der Waals surface area contributed by atoms with Crippen LogP contribution in [0, 0.1) is 0 Å². The summed E-state index contributed by atoms with van der Waals surface area (Å²) in [5, 5.41) is 13.0. The molecule has 19 heavy (non-hydrogen) atoms. The molecule has 0 aliphatic heterocycles. The van der Waals surface area contributed by atoms with E-state index in [1.54, 1.807) is 6.26 Å². The standard InChI is InChI=1S/C15H27NO3/c1-3-4-5-6-9-18-12-14(17)11-16-13(2)15-8-7-10-19-15/h7-8,10,13-14,16-17H,3-6,9,11-12H2,1-2H3/t13-,14?/m1/s1. The van der Waals surface area contributed by atoms with E-state index in [9.17, 15) is 5.11 Å². The first-order valence-electron chi connectivity index (χ1n) is 7.26. The molecule has 0 radical (unpaired) electrons. The minimum absolute atomic E-state index is 0.106. The van der Waals surface area contributed by atoms with Gasteiger partial charge in [0.05, 0.1) is 25.0 Å². The third-order valence-corrected chi connectivity index (χ3v) is 3.08. The molecule has 0 fully saturated rings. The highest BCUT2D eigenvalue weighted by atomic mass is 16.5. The van der Waals surface area contributed by atoms with E-state index in [2.05, 4.69) is 12.2 Å². The lowest BCUT2D eigenvalue weighted by atomic mass is 10.2. The van der Waals surface area contributed by atoms with Crippen LogP contribution in [0.5, 0.6) is 0 Å². The molecule has 0 aliphatic carbocycles. The van der Waals surface area contributed by atoms with E-state index >= 15 is 0 Å². The Bertz CT molecular complexity index is 300. The predicted octanol–water partition coefficient (Wildman–Crippen LogP) is 2.89. The smallest absolute Gasteiger partial charge is 0.120 e. The molecular weight excluding hydrogens is 242 g/mol. The molecule has 2 N–H and O–H groups in total. The average molecular weight is 269 g/mol. The molecule has 0 amide bonds. The maximum atomic E-state index is 9.78. The summed E-state index contributed by atoms with van der Waals surface area (Å²) >= 11 is 0. The van der Waals surface area contributed by atoms with Crippen molar-refractivity contribution in [1.29, 1.82) is 0 Å². The van der Waals surface area contributed by atoms with Gasteiger partial charge in [0.1, 0.15) is 5.76 Å². The Hall–Kier alpha value is -0.840. The molecule has 1 unspecified atom stereocenters. The van der Waals surface area contributed by atoms with Crippen LogP contribution in [-0.2, 0) is 4.74 Å². The van der Waals surface area contributed by atoms with Crippen molar-refractivity contribution in [2.45, 2.75) is 51.7 Å². The quantitative estimate of drug-likeness (QED) is 0.607. The second-order valence-corrected chi connectivity index (χ2v) is 4.93. The van der Waals surface area contributed by atoms with Gasteiger partial charge in [0.2, 0.25) is 0 Å². The third-order valence-electron chi connectivity index (χ3n) is 3.08. The van der Waals surface area contributed by atoms with E-state index in [1.165, 1.54) is 19.3 Å². The first-order valence-corrected chi connectivity index (χ1v) is 7.26. The summed E-state index contributed by atoms with van der Waals surface area (Å²) in [5.41, 5.74) is 0. The fraction of sp³-hybridized carbons (Fsp3) is 0.733. The molecule has 0 saturated carbocycles. The van der Waals surface area contributed by atoms with Gasteiger partial charge < -0.3 is 19.6 Å². The van der Waals surface area contributed by atoms with Gasteiger partial charge in [0, 0.05) is 13.2 Å². The Kier molecular flexibility index (Phi) is 8.54. The number of nitrogens with one attached hydrogen (secondary N) is 1. The van der Waals surface area contributed by atoms with E-state index in [0.717, 1.165) is 18.8 Å². The molecule has 0 bridgehead atoms. The van der Waals surface area contributed by atoms with Gasteiger partial charge in [0.25, 0.3) is 0 Å². The zero-order chi connectivity index (χ0) is 13.9. The molecule has 110 valence electrons. The Balaban J connectivity index is 2.00. The Morgan fingerprint density at radius 2 is 2.21 bits per heavy atom. The normalized spacial score (nSPS) is 14.5. The predicted molar refractivity (Wildman–Crippen MR) is 76.1 cm³/mol. The van der Waals surface area contributed by atoms with E-state index in [1.807, 2.05) is 19.1 Å². The number of hydrogen-bond donors (Lipinski definition) is 2. The fourth-order valence-corrected chi connectivity index (χ4v) is 1.86. The van der Waals surface area contributed by atoms with Crippen LogP contribution in [0.2, 0.25) is 0 Å². The van der Waals surface area contributed by atoms with Crippen LogP contribution >= 0.6 is 0 Å². The van der Waals surface area contributed by atoms with Crippen LogP contribution in [-0.4, -0.2) is 31.0 Å². The molecule has 4 heteroatoms. The summed E-state index contributed by atoms with van der Waals surface area (Å²) in [6, 6.07) is 3.90. The van der Waals surface area contributed by atoms with Crippen molar-refractivity contribution in [3.63, 3.8) is 0 Å².